The Morgan fingerprint density at radius 2 is 1.96 bits per heavy atom. The third-order valence-electron chi connectivity index (χ3n) is 5.32. The number of hydrogen-bond acceptors (Lipinski definition) is 2. The number of likely N-dealkylation sites (tertiary alicyclic amines) is 2. The van der Waals surface area contributed by atoms with Crippen molar-refractivity contribution in [1.29, 1.82) is 0 Å². The average Bonchev–Trinajstić information content (AvgIpc) is 3.04. The van der Waals surface area contributed by atoms with Crippen LogP contribution in [0.15, 0.2) is 30.3 Å². The van der Waals surface area contributed by atoms with Gasteiger partial charge in [-0.3, -0.25) is 9.59 Å². The van der Waals surface area contributed by atoms with Gasteiger partial charge in [-0.25, -0.2) is 0 Å². The minimum atomic E-state index is 0.210. The lowest BCUT2D eigenvalue weighted by atomic mass is 9.91. The minimum absolute atomic E-state index is 0.210. The topological polar surface area (TPSA) is 40.6 Å². The molecule has 4 heteroatoms. The van der Waals surface area contributed by atoms with Gasteiger partial charge in [-0.15, -0.1) is 0 Å². The van der Waals surface area contributed by atoms with E-state index in [0.29, 0.717) is 25.3 Å². The Morgan fingerprint density at radius 3 is 2.71 bits per heavy atom. The van der Waals surface area contributed by atoms with Crippen molar-refractivity contribution in [3.05, 3.63) is 35.9 Å². The summed E-state index contributed by atoms with van der Waals surface area (Å²) in [4.78, 5) is 28.0. The summed E-state index contributed by atoms with van der Waals surface area (Å²) in [7, 11) is 0. The second kappa shape index (κ2) is 8.32. The van der Waals surface area contributed by atoms with Crippen molar-refractivity contribution in [2.24, 2.45) is 5.92 Å². The van der Waals surface area contributed by atoms with E-state index in [1.165, 1.54) is 12.0 Å². The maximum absolute atomic E-state index is 12.5. The number of hydrogen-bond donors (Lipinski definition) is 0. The van der Waals surface area contributed by atoms with Crippen LogP contribution in [-0.2, 0) is 16.0 Å². The zero-order chi connectivity index (χ0) is 16.8. The van der Waals surface area contributed by atoms with Crippen molar-refractivity contribution in [3.63, 3.8) is 0 Å². The van der Waals surface area contributed by atoms with Crippen LogP contribution >= 0.6 is 0 Å². The standard InChI is InChI=1S/C20H28N2O2/c23-19-9-5-13-21(19)15-12-20(24)22-14-4-8-18(16-22)11-10-17-6-2-1-3-7-17/h1-3,6-7,18H,4-5,8-16H2. The van der Waals surface area contributed by atoms with Crippen LogP contribution in [0.5, 0.6) is 0 Å². The van der Waals surface area contributed by atoms with Crippen molar-refractivity contribution in [3.8, 4) is 0 Å². The Labute approximate surface area is 144 Å². The Balaban J connectivity index is 1.42. The van der Waals surface area contributed by atoms with Crippen LogP contribution in [0.3, 0.4) is 0 Å². The van der Waals surface area contributed by atoms with Crippen LogP contribution < -0.4 is 0 Å². The van der Waals surface area contributed by atoms with Crippen molar-refractivity contribution in [2.75, 3.05) is 26.2 Å². The fraction of sp³-hybridized carbons (Fsp3) is 0.600. The van der Waals surface area contributed by atoms with E-state index in [1.54, 1.807) is 0 Å². The SMILES string of the molecule is O=C1CCCN1CCC(=O)N1CCCC(CCc2ccccc2)C1. The van der Waals surface area contributed by atoms with Crippen LogP contribution in [0.4, 0.5) is 0 Å². The molecule has 1 unspecified atom stereocenters. The number of amides is 2. The first-order valence-electron chi connectivity index (χ1n) is 9.32. The molecule has 1 aromatic carbocycles. The van der Waals surface area contributed by atoms with Crippen LogP contribution in [0.1, 0.15) is 44.1 Å². The molecule has 0 aliphatic carbocycles. The molecule has 0 spiro atoms. The highest BCUT2D eigenvalue weighted by molar-refractivity contribution is 5.80. The zero-order valence-corrected chi connectivity index (χ0v) is 14.5. The van der Waals surface area contributed by atoms with E-state index < -0.39 is 0 Å². The van der Waals surface area contributed by atoms with Crippen molar-refractivity contribution < 1.29 is 9.59 Å². The first-order valence-corrected chi connectivity index (χ1v) is 9.32. The second-order valence-corrected chi connectivity index (χ2v) is 7.11. The number of carbonyl (C=O) groups is 2. The monoisotopic (exact) mass is 328 g/mol. The van der Waals surface area contributed by atoms with E-state index in [0.717, 1.165) is 45.3 Å². The van der Waals surface area contributed by atoms with E-state index >= 15 is 0 Å². The van der Waals surface area contributed by atoms with Gasteiger partial charge in [-0.2, -0.15) is 0 Å². The van der Waals surface area contributed by atoms with Gasteiger partial charge in [0.25, 0.3) is 0 Å². The highest BCUT2D eigenvalue weighted by atomic mass is 16.2. The fourth-order valence-electron chi connectivity index (χ4n) is 3.87. The third kappa shape index (κ3) is 4.59. The molecule has 0 aromatic heterocycles. The molecular formula is C20H28N2O2. The van der Waals surface area contributed by atoms with E-state index in [1.807, 2.05) is 9.80 Å². The number of benzene rings is 1. The summed E-state index contributed by atoms with van der Waals surface area (Å²) in [5.74, 6) is 1.04. The Morgan fingerprint density at radius 1 is 1.12 bits per heavy atom. The predicted molar refractivity (Wildman–Crippen MR) is 94.5 cm³/mol. The molecule has 2 aliphatic heterocycles. The number of nitrogens with zero attached hydrogens (tertiary/aromatic N) is 2. The van der Waals surface area contributed by atoms with E-state index in [4.69, 9.17) is 0 Å². The van der Waals surface area contributed by atoms with Gasteiger partial charge in [0.15, 0.2) is 0 Å². The van der Waals surface area contributed by atoms with Gasteiger partial charge in [-0.05, 0) is 43.6 Å². The summed E-state index contributed by atoms with van der Waals surface area (Å²) >= 11 is 0. The van der Waals surface area contributed by atoms with Crippen molar-refractivity contribution >= 4 is 11.8 Å². The van der Waals surface area contributed by atoms with Crippen molar-refractivity contribution in [1.82, 2.24) is 9.80 Å². The molecule has 2 fully saturated rings. The van der Waals surface area contributed by atoms with Gasteiger partial charge < -0.3 is 9.80 Å². The zero-order valence-electron chi connectivity index (χ0n) is 14.5. The fourth-order valence-corrected chi connectivity index (χ4v) is 3.87. The summed E-state index contributed by atoms with van der Waals surface area (Å²) in [6.45, 7) is 3.20. The molecule has 1 atom stereocenters. The predicted octanol–water partition coefficient (Wildman–Crippen LogP) is 2.87. The lowest BCUT2D eigenvalue weighted by Gasteiger charge is -2.33. The maximum Gasteiger partial charge on any atom is 0.224 e. The minimum Gasteiger partial charge on any atom is -0.342 e. The number of aryl methyl sites for hydroxylation is 1. The summed E-state index contributed by atoms with van der Waals surface area (Å²) < 4.78 is 0. The van der Waals surface area contributed by atoms with Crippen LogP contribution in [0, 0.1) is 5.92 Å². The molecule has 2 aliphatic rings. The normalized spacial score (nSPS) is 21.3. The summed E-state index contributed by atoms with van der Waals surface area (Å²) in [5, 5.41) is 0. The molecule has 2 saturated heterocycles. The largest absolute Gasteiger partial charge is 0.342 e. The molecular weight excluding hydrogens is 300 g/mol. The quantitative estimate of drug-likeness (QED) is 0.806. The molecule has 130 valence electrons. The van der Waals surface area contributed by atoms with Crippen LogP contribution in [0.25, 0.3) is 0 Å². The lowest BCUT2D eigenvalue weighted by Crippen LogP contribution is -2.41. The molecule has 1 aromatic rings. The van der Waals surface area contributed by atoms with Gasteiger partial charge in [0.05, 0.1) is 0 Å². The summed E-state index contributed by atoms with van der Waals surface area (Å²) in [6.07, 6.45) is 6.65. The van der Waals surface area contributed by atoms with Crippen LogP contribution in [0.2, 0.25) is 0 Å². The molecule has 0 N–H and O–H groups in total. The number of carbonyl (C=O) groups excluding carboxylic acids is 2. The first kappa shape index (κ1) is 17.0. The molecule has 0 radical (unpaired) electrons. The van der Waals surface area contributed by atoms with Gasteiger partial charge in [0, 0.05) is 39.0 Å². The number of rotatable bonds is 6. The molecule has 3 rings (SSSR count). The van der Waals surface area contributed by atoms with Gasteiger partial charge in [-0.1, -0.05) is 30.3 Å². The third-order valence-corrected chi connectivity index (χ3v) is 5.32. The molecule has 0 bridgehead atoms. The Bertz CT molecular complexity index is 558. The maximum atomic E-state index is 12.5. The molecule has 2 heterocycles. The lowest BCUT2D eigenvalue weighted by molar-refractivity contribution is -0.134. The highest BCUT2D eigenvalue weighted by Crippen LogP contribution is 2.22. The van der Waals surface area contributed by atoms with Crippen LogP contribution in [-0.4, -0.2) is 47.8 Å². The summed E-state index contributed by atoms with van der Waals surface area (Å²) in [5.41, 5.74) is 1.38. The van der Waals surface area contributed by atoms with E-state index in [-0.39, 0.29) is 11.8 Å². The van der Waals surface area contributed by atoms with Crippen molar-refractivity contribution in [2.45, 2.75) is 44.9 Å². The highest BCUT2D eigenvalue weighted by Gasteiger charge is 2.25. The molecule has 2 amide bonds. The first-order chi connectivity index (χ1) is 11.7. The van der Waals surface area contributed by atoms with Gasteiger partial charge in [0.2, 0.25) is 11.8 Å². The molecule has 0 saturated carbocycles. The molecule has 24 heavy (non-hydrogen) atoms. The number of piperidine rings is 1. The average molecular weight is 328 g/mol. The Hall–Kier alpha value is -1.84. The second-order valence-electron chi connectivity index (χ2n) is 7.11. The summed E-state index contributed by atoms with van der Waals surface area (Å²) in [6, 6.07) is 10.6. The van der Waals surface area contributed by atoms with Gasteiger partial charge in [0.1, 0.15) is 0 Å². The van der Waals surface area contributed by atoms with Gasteiger partial charge >= 0.3 is 0 Å². The molecule has 4 nitrogen and oxygen atoms in total. The smallest absolute Gasteiger partial charge is 0.224 e. The Kier molecular flexibility index (Phi) is 5.89. The van der Waals surface area contributed by atoms with E-state index in [2.05, 4.69) is 30.3 Å². The van der Waals surface area contributed by atoms with E-state index in [9.17, 15) is 9.59 Å².